The van der Waals surface area contributed by atoms with Gasteiger partial charge >= 0.3 is 0 Å². The SMILES string of the molecule is [CH2]CCc1ccccc1Oc1ccncc1. The van der Waals surface area contributed by atoms with Crippen molar-refractivity contribution in [2.75, 3.05) is 0 Å². The van der Waals surface area contributed by atoms with Gasteiger partial charge in [0.2, 0.25) is 0 Å². The Hall–Kier alpha value is -1.83. The first-order valence-corrected chi connectivity index (χ1v) is 5.35. The number of aromatic nitrogens is 1. The van der Waals surface area contributed by atoms with Crippen molar-refractivity contribution in [1.82, 2.24) is 4.98 Å². The highest BCUT2D eigenvalue weighted by Crippen LogP contribution is 2.25. The highest BCUT2D eigenvalue weighted by Gasteiger charge is 2.02. The van der Waals surface area contributed by atoms with E-state index in [1.165, 1.54) is 5.56 Å². The Bertz CT molecular complexity index is 439. The van der Waals surface area contributed by atoms with Gasteiger partial charge in [-0.2, -0.15) is 0 Å². The highest BCUT2D eigenvalue weighted by atomic mass is 16.5. The standard InChI is InChI=1S/C14H14NO/c1-2-5-12-6-3-4-7-14(12)16-13-8-10-15-11-9-13/h3-4,6-11H,1-2,5H2. The van der Waals surface area contributed by atoms with Gasteiger partial charge in [0.1, 0.15) is 11.5 Å². The van der Waals surface area contributed by atoms with E-state index in [2.05, 4.69) is 18.0 Å². The summed E-state index contributed by atoms with van der Waals surface area (Å²) in [7, 11) is 0. The summed E-state index contributed by atoms with van der Waals surface area (Å²) in [6.07, 6.45) is 5.25. The third-order valence-corrected chi connectivity index (χ3v) is 2.30. The number of hydrogen-bond acceptors (Lipinski definition) is 2. The van der Waals surface area contributed by atoms with Gasteiger partial charge < -0.3 is 4.74 Å². The monoisotopic (exact) mass is 212 g/mol. The van der Waals surface area contributed by atoms with Crippen molar-refractivity contribution in [2.45, 2.75) is 12.8 Å². The van der Waals surface area contributed by atoms with Crippen LogP contribution < -0.4 is 4.74 Å². The molecule has 1 aromatic carbocycles. The van der Waals surface area contributed by atoms with E-state index in [-0.39, 0.29) is 0 Å². The van der Waals surface area contributed by atoms with E-state index in [1.54, 1.807) is 12.4 Å². The Morgan fingerprint density at radius 1 is 1.06 bits per heavy atom. The fraction of sp³-hybridized carbons (Fsp3) is 0.143. The zero-order valence-electron chi connectivity index (χ0n) is 9.10. The fourth-order valence-corrected chi connectivity index (χ4v) is 1.53. The average molecular weight is 212 g/mol. The summed E-state index contributed by atoms with van der Waals surface area (Å²) in [5.41, 5.74) is 1.19. The van der Waals surface area contributed by atoms with Crippen molar-refractivity contribution in [2.24, 2.45) is 0 Å². The molecule has 2 heteroatoms. The van der Waals surface area contributed by atoms with E-state index in [0.717, 1.165) is 24.3 Å². The lowest BCUT2D eigenvalue weighted by Gasteiger charge is -2.09. The molecule has 2 rings (SSSR count). The second kappa shape index (κ2) is 5.31. The Balaban J connectivity index is 2.21. The molecule has 0 N–H and O–H groups in total. The van der Waals surface area contributed by atoms with Crippen molar-refractivity contribution >= 4 is 0 Å². The number of ether oxygens (including phenoxy) is 1. The maximum Gasteiger partial charge on any atom is 0.130 e. The van der Waals surface area contributed by atoms with Crippen LogP contribution in [0.5, 0.6) is 11.5 Å². The quantitative estimate of drug-likeness (QED) is 0.771. The Morgan fingerprint density at radius 2 is 1.81 bits per heavy atom. The average Bonchev–Trinajstić information content (AvgIpc) is 2.33. The topological polar surface area (TPSA) is 22.1 Å². The molecule has 0 amide bonds. The molecule has 2 aromatic rings. The minimum atomic E-state index is 0.812. The van der Waals surface area contributed by atoms with Crippen LogP contribution in [0.2, 0.25) is 0 Å². The van der Waals surface area contributed by atoms with Gasteiger partial charge in [0.15, 0.2) is 0 Å². The van der Waals surface area contributed by atoms with E-state index >= 15 is 0 Å². The molecule has 0 unspecified atom stereocenters. The summed E-state index contributed by atoms with van der Waals surface area (Å²) >= 11 is 0. The predicted molar refractivity (Wildman–Crippen MR) is 64.4 cm³/mol. The van der Waals surface area contributed by atoms with Crippen LogP contribution in [0.4, 0.5) is 0 Å². The summed E-state index contributed by atoms with van der Waals surface area (Å²) in [5, 5.41) is 0. The zero-order chi connectivity index (χ0) is 11.2. The third kappa shape index (κ3) is 2.60. The number of para-hydroxylation sites is 1. The Morgan fingerprint density at radius 3 is 2.56 bits per heavy atom. The van der Waals surface area contributed by atoms with Crippen molar-refractivity contribution in [3.8, 4) is 11.5 Å². The maximum atomic E-state index is 5.79. The van der Waals surface area contributed by atoms with Crippen LogP contribution in [0.3, 0.4) is 0 Å². The van der Waals surface area contributed by atoms with Crippen LogP contribution in [0, 0.1) is 6.92 Å². The molecular formula is C14H14NO. The third-order valence-electron chi connectivity index (χ3n) is 2.30. The van der Waals surface area contributed by atoms with E-state index in [1.807, 2.05) is 30.3 Å². The van der Waals surface area contributed by atoms with Gasteiger partial charge in [-0.1, -0.05) is 25.1 Å². The first kappa shape index (κ1) is 10.7. The van der Waals surface area contributed by atoms with E-state index < -0.39 is 0 Å². The van der Waals surface area contributed by atoms with Gasteiger partial charge in [0.05, 0.1) is 0 Å². The maximum absolute atomic E-state index is 5.79. The first-order chi connectivity index (χ1) is 7.90. The molecule has 0 atom stereocenters. The lowest BCUT2D eigenvalue weighted by atomic mass is 10.1. The molecule has 1 heterocycles. The van der Waals surface area contributed by atoms with Crippen LogP contribution in [0.15, 0.2) is 48.8 Å². The van der Waals surface area contributed by atoms with Crippen molar-refractivity contribution in [3.05, 3.63) is 61.3 Å². The lowest BCUT2D eigenvalue weighted by molar-refractivity contribution is 0.475. The molecule has 0 aliphatic heterocycles. The number of nitrogens with zero attached hydrogens (tertiary/aromatic N) is 1. The Labute approximate surface area is 95.9 Å². The van der Waals surface area contributed by atoms with Gasteiger partial charge in [0.25, 0.3) is 0 Å². The second-order valence-electron chi connectivity index (χ2n) is 3.50. The Kier molecular flexibility index (Phi) is 3.54. The molecule has 0 aliphatic rings. The first-order valence-electron chi connectivity index (χ1n) is 5.35. The van der Waals surface area contributed by atoms with Gasteiger partial charge in [-0.15, -0.1) is 0 Å². The van der Waals surface area contributed by atoms with E-state index in [0.29, 0.717) is 0 Å². The van der Waals surface area contributed by atoms with Crippen LogP contribution in [-0.2, 0) is 6.42 Å². The van der Waals surface area contributed by atoms with Crippen molar-refractivity contribution in [1.29, 1.82) is 0 Å². The molecule has 0 spiro atoms. The van der Waals surface area contributed by atoms with Crippen LogP contribution in [0.25, 0.3) is 0 Å². The summed E-state index contributed by atoms with van der Waals surface area (Å²) in [6.45, 7) is 3.86. The van der Waals surface area contributed by atoms with Gasteiger partial charge in [-0.25, -0.2) is 0 Å². The summed E-state index contributed by atoms with van der Waals surface area (Å²) < 4.78 is 5.79. The number of benzene rings is 1. The molecule has 0 saturated carbocycles. The number of rotatable bonds is 4. The second-order valence-corrected chi connectivity index (χ2v) is 3.50. The molecule has 1 radical (unpaired) electrons. The van der Waals surface area contributed by atoms with Gasteiger partial charge in [-0.05, 0) is 36.6 Å². The molecule has 0 bridgehead atoms. The van der Waals surface area contributed by atoms with Crippen LogP contribution in [-0.4, -0.2) is 4.98 Å². The number of aryl methyl sites for hydroxylation is 1. The van der Waals surface area contributed by atoms with E-state index in [9.17, 15) is 0 Å². The molecule has 81 valence electrons. The zero-order valence-corrected chi connectivity index (χ0v) is 9.10. The fourth-order valence-electron chi connectivity index (χ4n) is 1.53. The molecule has 0 saturated heterocycles. The van der Waals surface area contributed by atoms with Gasteiger partial charge in [-0.3, -0.25) is 4.98 Å². The molecule has 16 heavy (non-hydrogen) atoms. The summed E-state index contributed by atoms with van der Waals surface area (Å²) in [4.78, 5) is 3.96. The minimum Gasteiger partial charge on any atom is -0.457 e. The largest absolute Gasteiger partial charge is 0.457 e. The molecule has 0 aliphatic carbocycles. The number of hydrogen-bond donors (Lipinski definition) is 0. The molecular weight excluding hydrogens is 198 g/mol. The summed E-state index contributed by atoms with van der Waals surface area (Å²) in [6, 6.07) is 11.7. The van der Waals surface area contributed by atoms with Gasteiger partial charge in [0, 0.05) is 12.4 Å². The smallest absolute Gasteiger partial charge is 0.130 e. The number of pyridine rings is 1. The van der Waals surface area contributed by atoms with Crippen molar-refractivity contribution < 1.29 is 4.74 Å². The predicted octanol–water partition coefficient (Wildman–Crippen LogP) is 3.64. The lowest BCUT2D eigenvalue weighted by Crippen LogP contribution is -1.91. The van der Waals surface area contributed by atoms with Crippen molar-refractivity contribution in [3.63, 3.8) is 0 Å². The molecule has 2 nitrogen and oxygen atoms in total. The normalized spacial score (nSPS) is 10.1. The van der Waals surface area contributed by atoms with E-state index in [4.69, 9.17) is 4.74 Å². The molecule has 0 fully saturated rings. The molecule has 1 aromatic heterocycles. The minimum absolute atomic E-state index is 0.812. The van der Waals surface area contributed by atoms with Crippen LogP contribution in [0.1, 0.15) is 12.0 Å². The van der Waals surface area contributed by atoms with Crippen LogP contribution >= 0.6 is 0 Å². The summed E-state index contributed by atoms with van der Waals surface area (Å²) in [5.74, 6) is 1.71. The highest BCUT2D eigenvalue weighted by molar-refractivity contribution is 5.37.